The zero-order valence-electron chi connectivity index (χ0n) is 44.4. The second-order valence-electron chi connectivity index (χ2n) is 22.8. The summed E-state index contributed by atoms with van der Waals surface area (Å²) in [6, 6.07) is 75.7. The van der Waals surface area contributed by atoms with Crippen molar-refractivity contribution < 1.29 is 17.7 Å². The molecule has 2 saturated carbocycles. The second kappa shape index (κ2) is 18.2. The Kier molecular flexibility index (Phi) is 10.4. The van der Waals surface area contributed by atoms with E-state index in [2.05, 4.69) is 216 Å². The quantitative estimate of drug-likeness (QED) is 0.112. The lowest BCUT2D eigenvalue weighted by molar-refractivity contribution is 0.444. The molecule has 0 unspecified atom stereocenters. The molecule has 0 radical (unpaired) electrons. The standard InChI is InChI=1S/C74H56N2O4/c1-3-15-45(16-4-1)47-27-33-61-63(39-47)73(75(49-29-35-57-53-19-7-11-23-65(53)77-69(57)41-49)50-30-36-58-54-20-8-12-24-66(54)78-70(58)42-50)62-34-28-48(46-17-5-2-6-18-46)40-64(62)74(61)76(51-31-37-59-55-21-9-13-25-67(55)79-71(59)43-51)52-32-38-60-56-22-10-14-26-68(56)80-72(60)44-52/h7-14,19-46H,1-6,15-18H2. The molecule has 4 aromatic heterocycles. The highest BCUT2D eigenvalue weighted by Gasteiger charge is 2.30. The molecule has 0 bridgehead atoms. The van der Waals surface area contributed by atoms with Crippen molar-refractivity contribution in [2.75, 3.05) is 9.80 Å². The minimum atomic E-state index is 0.461. The van der Waals surface area contributed by atoms with E-state index < -0.39 is 0 Å². The molecular weight excluding hydrogens is 981 g/mol. The van der Waals surface area contributed by atoms with Crippen LogP contribution < -0.4 is 9.80 Å². The first-order valence-electron chi connectivity index (χ1n) is 28.9. The average Bonchev–Trinajstić information content (AvgIpc) is 4.25. The van der Waals surface area contributed by atoms with Crippen molar-refractivity contribution in [3.8, 4) is 0 Å². The van der Waals surface area contributed by atoms with Crippen LogP contribution >= 0.6 is 0 Å². The summed E-state index contributed by atoms with van der Waals surface area (Å²) in [5.41, 5.74) is 15.9. The summed E-state index contributed by atoms with van der Waals surface area (Å²) >= 11 is 0. The maximum absolute atomic E-state index is 6.76. The molecule has 17 rings (SSSR count). The van der Waals surface area contributed by atoms with Crippen LogP contribution in [0.25, 0.3) is 109 Å². The van der Waals surface area contributed by atoms with Gasteiger partial charge in [-0.05, 0) is 134 Å². The molecular formula is C74H56N2O4. The van der Waals surface area contributed by atoms with Gasteiger partial charge >= 0.3 is 0 Å². The summed E-state index contributed by atoms with van der Waals surface area (Å²) in [6.45, 7) is 0. The van der Waals surface area contributed by atoms with E-state index in [1.165, 1.54) is 86.1 Å². The fourth-order valence-corrected chi connectivity index (χ4v) is 14.3. The van der Waals surface area contributed by atoms with Crippen LogP contribution in [0, 0.1) is 0 Å². The molecule has 0 amide bonds. The largest absolute Gasteiger partial charge is 0.456 e. The highest BCUT2D eigenvalue weighted by Crippen LogP contribution is 2.54. The molecule has 0 aliphatic heterocycles. The summed E-state index contributed by atoms with van der Waals surface area (Å²) in [7, 11) is 0. The highest BCUT2D eigenvalue weighted by atomic mass is 16.3. The first-order valence-corrected chi connectivity index (χ1v) is 28.9. The van der Waals surface area contributed by atoms with Crippen LogP contribution in [-0.4, -0.2) is 0 Å². The molecule has 0 N–H and O–H groups in total. The maximum Gasteiger partial charge on any atom is 0.137 e. The zero-order valence-corrected chi connectivity index (χ0v) is 44.4. The molecule has 11 aromatic carbocycles. The number of rotatable bonds is 8. The predicted octanol–water partition coefficient (Wildman–Crippen LogP) is 22.6. The Morgan fingerprint density at radius 1 is 0.237 bits per heavy atom. The molecule has 2 aliphatic carbocycles. The Morgan fingerprint density at radius 3 is 0.825 bits per heavy atom. The van der Waals surface area contributed by atoms with Gasteiger partial charge < -0.3 is 27.5 Å². The SMILES string of the molecule is c1ccc2c(c1)oc1cc(N(c3ccc4c(c3)oc3ccccc34)c3c4ccc(C5CCCCC5)cc4c(N(c4ccc5c(c4)oc4ccccc45)c4ccc5c(c4)oc4ccccc45)c4ccc(C5CCCCC5)cc34)ccc12. The minimum absolute atomic E-state index is 0.461. The minimum Gasteiger partial charge on any atom is -0.456 e. The van der Waals surface area contributed by atoms with Gasteiger partial charge in [0.05, 0.1) is 11.4 Å². The van der Waals surface area contributed by atoms with Crippen molar-refractivity contribution >= 4 is 143 Å². The molecule has 6 heteroatoms. The van der Waals surface area contributed by atoms with Crippen molar-refractivity contribution in [1.82, 2.24) is 0 Å². The number of anilines is 6. The van der Waals surface area contributed by atoms with Crippen molar-refractivity contribution in [2.24, 2.45) is 0 Å². The smallest absolute Gasteiger partial charge is 0.137 e. The van der Waals surface area contributed by atoms with Gasteiger partial charge in [0, 0.05) is 112 Å². The van der Waals surface area contributed by atoms with Crippen LogP contribution in [0.2, 0.25) is 0 Å². The van der Waals surface area contributed by atoms with Gasteiger partial charge in [-0.3, -0.25) is 0 Å². The van der Waals surface area contributed by atoms with Gasteiger partial charge in [-0.15, -0.1) is 0 Å². The van der Waals surface area contributed by atoms with Crippen LogP contribution in [0.5, 0.6) is 0 Å². The van der Waals surface area contributed by atoms with Crippen molar-refractivity contribution in [3.63, 3.8) is 0 Å². The molecule has 0 atom stereocenters. The van der Waals surface area contributed by atoms with Crippen LogP contribution in [0.15, 0.2) is 224 Å². The molecule has 0 saturated heterocycles. The molecule has 2 fully saturated rings. The number of hydrogen-bond acceptors (Lipinski definition) is 6. The first kappa shape index (κ1) is 45.7. The number of nitrogens with zero attached hydrogens (tertiary/aromatic N) is 2. The number of hydrogen-bond donors (Lipinski definition) is 0. The number of para-hydroxylation sites is 4. The fourth-order valence-electron chi connectivity index (χ4n) is 14.3. The number of benzene rings is 11. The van der Waals surface area contributed by atoms with E-state index in [-0.39, 0.29) is 0 Å². The molecule has 386 valence electrons. The third kappa shape index (κ3) is 7.24. The van der Waals surface area contributed by atoms with Crippen molar-refractivity contribution in [1.29, 1.82) is 0 Å². The molecule has 0 spiro atoms. The van der Waals surface area contributed by atoms with Gasteiger partial charge in [0.1, 0.15) is 44.7 Å². The topological polar surface area (TPSA) is 59.0 Å². The molecule has 15 aromatic rings. The highest BCUT2D eigenvalue weighted by molar-refractivity contribution is 6.24. The summed E-state index contributed by atoms with van der Waals surface area (Å²) in [6.07, 6.45) is 12.3. The zero-order chi connectivity index (χ0) is 52.4. The summed E-state index contributed by atoms with van der Waals surface area (Å²) in [5, 5.41) is 13.5. The Hall–Kier alpha value is -9.26. The monoisotopic (exact) mass is 1040 g/mol. The van der Waals surface area contributed by atoms with Crippen molar-refractivity contribution in [2.45, 2.75) is 76.0 Å². The molecule has 4 heterocycles. The number of fused-ring (bicyclic) bond motifs is 14. The van der Waals surface area contributed by atoms with Gasteiger partial charge in [0.25, 0.3) is 0 Å². The van der Waals surface area contributed by atoms with Gasteiger partial charge in [-0.1, -0.05) is 136 Å². The molecule has 2 aliphatic rings. The lowest BCUT2D eigenvalue weighted by Gasteiger charge is -2.34. The number of furan rings is 4. The van der Waals surface area contributed by atoms with E-state index in [4.69, 9.17) is 17.7 Å². The Labute approximate surface area is 462 Å². The molecule has 80 heavy (non-hydrogen) atoms. The maximum atomic E-state index is 6.76. The van der Waals surface area contributed by atoms with Crippen LogP contribution in [0.1, 0.15) is 87.2 Å². The summed E-state index contributed by atoms with van der Waals surface area (Å²) < 4.78 is 27.0. The normalized spacial score (nSPS) is 14.9. The first-order chi connectivity index (χ1) is 39.6. The van der Waals surface area contributed by atoms with Crippen molar-refractivity contribution in [3.05, 3.63) is 217 Å². The Morgan fingerprint density at radius 2 is 0.512 bits per heavy atom. The van der Waals surface area contributed by atoms with Gasteiger partial charge in [-0.2, -0.15) is 0 Å². The summed E-state index contributed by atoms with van der Waals surface area (Å²) in [5.74, 6) is 0.923. The average molecular weight is 1040 g/mol. The van der Waals surface area contributed by atoms with Crippen LogP contribution in [-0.2, 0) is 0 Å². The molecule has 6 nitrogen and oxygen atoms in total. The lowest BCUT2D eigenvalue weighted by atomic mass is 9.81. The van der Waals surface area contributed by atoms with E-state index in [9.17, 15) is 0 Å². The predicted molar refractivity (Wildman–Crippen MR) is 332 cm³/mol. The summed E-state index contributed by atoms with van der Waals surface area (Å²) in [4.78, 5) is 5.01. The third-order valence-corrected chi connectivity index (χ3v) is 18.2. The van der Waals surface area contributed by atoms with E-state index in [0.717, 1.165) is 133 Å². The Bertz CT molecular complexity index is 4420. The van der Waals surface area contributed by atoms with Crippen LogP contribution in [0.4, 0.5) is 34.1 Å². The van der Waals surface area contributed by atoms with E-state index in [1.807, 2.05) is 0 Å². The van der Waals surface area contributed by atoms with E-state index in [1.54, 1.807) is 0 Å². The van der Waals surface area contributed by atoms with Gasteiger partial charge in [-0.25, -0.2) is 0 Å². The third-order valence-electron chi connectivity index (χ3n) is 18.2. The Balaban J connectivity index is 1.01. The second-order valence-corrected chi connectivity index (χ2v) is 22.8. The fraction of sp³-hybridized carbons (Fsp3) is 0.162. The van der Waals surface area contributed by atoms with E-state index >= 15 is 0 Å². The van der Waals surface area contributed by atoms with Gasteiger partial charge in [0.2, 0.25) is 0 Å². The van der Waals surface area contributed by atoms with Gasteiger partial charge in [0.15, 0.2) is 0 Å². The van der Waals surface area contributed by atoms with Crippen LogP contribution in [0.3, 0.4) is 0 Å². The lowest BCUT2D eigenvalue weighted by Crippen LogP contribution is -2.15. The van der Waals surface area contributed by atoms with E-state index in [0.29, 0.717) is 11.8 Å².